The molecule has 0 radical (unpaired) electrons. The number of hydrogen-bond acceptors (Lipinski definition) is 2. The fourth-order valence-corrected chi connectivity index (χ4v) is 3.77. The molecule has 1 aromatic rings. The minimum atomic E-state index is 0.189. The second-order valence-corrected chi connectivity index (χ2v) is 7.22. The van der Waals surface area contributed by atoms with Crippen LogP contribution in [0.5, 0.6) is 0 Å². The molecular formula is C12H16BrNOS. The normalized spacial score (nSPS) is 25.8. The van der Waals surface area contributed by atoms with Crippen LogP contribution in [-0.2, 0) is 0 Å². The van der Waals surface area contributed by atoms with Gasteiger partial charge in [0, 0.05) is 13.1 Å². The summed E-state index contributed by atoms with van der Waals surface area (Å²) in [6, 6.07) is 3.84. The topological polar surface area (TPSA) is 20.3 Å². The summed E-state index contributed by atoms with van der Waals surface area (Å²) in [6.07, 6.45) is 1.23. The molecule has 0 unspecified atom stereocenters. The van der Waals surface area contributed by atoms with E-state index >= 15 is 0 Å². The Morgan fingerprint density at radius 3 is 2.50 bits per heavy atom. The maximum absolute atomic E-state index is 12.2. The third-order valence-electron chi connectivity index (χ3n) is 2.94. The Hall–Kier alpha value is -0.350. The Bertz CT molecular complexity index is 380. The van der Waals surface area contributed by atoms with Crippen LogP contribution < -0.4 is 0 Å². The van der Waals surface area contributed by atoms with Crippen LogP contribution in [0, 0.1) is 11.8 Å². The largest absolute Gasteiger partial charge is 0.337 e. The number of likely N-dealkylation sites (tertiary alicyclic amines) is 1. The van der Waals surface area contributed by atoms with E-state index in [1.807, 2.05) is 17.0 Å². The highest BCUT2D eigenvalue weighted by Gasteiger charge is 2.26. The van der Waals surface area contributed by atoms with Crippen LogP contribution in [0.4, 0.5) is 0 Å². The first kappa shape index (κ1) is 12.1. The monoisotopic (exact) mass is 301 g/mol. The van der Waals surface area contributed by atoms with E-state index in [2.05, 4.69) is 29.8 Å². The third-order valence-corrected chi connectivity index (χ3v) is 4.55. The molecule has 1 fully saturated rings. The number of thiophene rings is 1. The van der Waals surface area contributed by atoms with Crippen LogP contribution >= 0.6 is 27.3 Å². The Kier molecular flexibility index (Phi) is 3.70. The average molecular weight is 302 g/mol. The molecule has 1 aliphatic heterocycles. The number of halogens is 1. The molecule has 0 spiro atoms. The van der Waals surface area contributed by atoms with Crippen LogP contribution in [0.2, 0.25) is 0 Å². The molecule has 0 N–H and O–H groups in total. The quantitative estimate of drug-likeness (QED) is 0.776. The minimum Gasteiger partial charge on any atom is -0.337 e. The van der Waals surface area contributed by atoms with Crippen LogP contribution in [0.1, 0.15) is 29.9 Å². The van der Waals surface area contributed by atoms with E-state index in [4.69, 9.17) is 0 Å². The van der Waals surface area contributed by atoms with E-state index in [-0.39, 0.29) is 5.91 Å². The van der Waals surface area contributed by atoms with E-state index < -0.39 is 0 Å². The van der Waals surface area contributed by atoms with Gasteiger partial charge in [-0.05, 0) is 46.3 Å². The van der Waals surface area contributed by atoms with E-state index in [1.54, 1.807) is 0 Å². The summed E-state index contributed by atoms with van der Waals surface area (Å²) < 4.78 is 1.02. The van der Waals surface area contributed by atoms with Crippen molar-refractivity contribution in [2.24, 2.45) is 11.8 Å². The molecular weight excluding hydrogens is 286 g/mol. The molecule has 0 aromatic carbocycles. The fraction of sp³-hybridized carbons (Fsp3) is 0.583. The van der Waals surface area contributed by atoms with E-state index in [9.17, 15) is 4.79 Å². The van der Waals surface area contributed by atoms with Crippen molar-refractivity contribution in [2.75, 3.05) is 13.1 Å². The molecule has 2 nitrogen and oxygen atoms in total. The Morgan fingerprint density at radius 1 is 1.38 bits per heavy atom. The zero-order chi connectivity index (χ0) is 11.7. The van der Waals surface area contributed by atoms with Crippen molar-refractivity contribution >= 4 is 33.2 Å². The van der Waals surface area contributed by atoms with Crippen LogP contribution in [0.3, 0.4) is 0 Å². The van der Waals surface area contributed by atoms with E-state index in [0.717, 1.165) is 21.8 Å². The lowest BCUT2D eigenvalue weighted by Gasteiger charge is -2.34. The maximum Gasteiger partial charge on any atom is 0.263 e. The molecule has 0 aliphatic carbocycles. The summed E-state index contributed by atoms with van der Waals surface area (Å²) in [5, 5.41) is 0. The molecule has 1 amide bonds. The van der Waals surface area contributed by atoms with Crippen molar-refractivity contribution in [3.05, 3.63) is 20.8 Å². The van der Waals surface area contributed by atoms with Gasteiger partial charge in [-0.1, -0.05) is 13.8 Å². The highest BCUT2D eigenvalue weighted by atomic mass is 79.9. The summed E-state index contributed by atoms with van der Waals surface area (Å²) in [7, 11) is 0. The Balaban J connectivity index is 2.09. The predicted molar refractivity (Wildman–Crippen MR) is 70.9 cm³/mol. The molecule has 0 bridgehead atoms. The van der Waals surface area contributed by atoms with Gasteiger partial charge in [-0.15, -0.1) is 11.3 Å². The Labute approximate surface area is 109 Å². The van der Waals surface area contributed by atoms with Crippen LogP contribution in [0.25, 0.3) is 0 Å². The lowest BCUT2D eigenvalue weighted by Crippen LogP contribution is -2.42. The molecule has 1 aliphatic rings. The zero-order valence-corrected chi connectivity index (χ0v) is 12.0. The van der Waals surface area contributed by atoms with Gasteiger partial charge in [0.2, 0.25) is 0 Å². The van der Waals surface area contributed by atoms with Crippen molar-refractivity contribution in [3.63, 3.8) is 0 Å². The molecule has 0 saturated carbocycles. The summed E-state index contributed by atoms with van der Waals surface area (Å²) in [5.41, 5.74) is 0. The fourth-order valence-electron chi connectivity index (χ4n) is 2.41. The van der Waals surface area contributed by atoms with Gasteiger partial charge in [0.05, 0.1) is 8.66 Å². The van der Waals surface area contributed by atoms with Crippen molar-refractivity contribution in [3.8, 4) is 0 Å². The van der Waals surface area contributed by atoms with Gasteiger partial charge in [0.1, 0.15) is 0 Å². The number of rotatable bonds is 1. The number of amides is 1. The third kappa shape index (κ3) is 2.66. The summed E-state index contributed by atoms with van der Waals surface area (Å²) >= 11 is 4.91. The molecule has 2 rings (SSSR count). The van der Waals surface area contributed by atoms with Crippen molar-refractivity contribution in [2.45, 2.75) is 20.3 Å². The molecule has 88 valence electrons. The first-order chi connectivity index (χ1) is 7.56. The number of carbonyl (C=O) groups is 1. The molecule has 2 heterocycles. The molecule has 16 heavy (non-hydrogen) atoms. The van der Waals surface area contributed by atoms with Gasteiger partial charge < -0.3 is 4.90 Å². The van der Waals surface area contributed by atoms with Crippen molar-refractivity contribution < 1.29 is 4.79 Å². The molecule has 1 saturated heterocycles. The minimum absolute atomic E-state index is 0.189. The predicted octanol–water partition coefficient (Wildman–Crippen LogP) is 3.63. The van der Waals surface area contributed by atoms with Crippen LogP contribution in [-0.4, -0.2) is 23.9 Å². The molecule has 4 heteroatoms. The second-order valence-electron chi connectivity index (χ2n) is 4.76. The van der Waals surface area contributed by atoms with Gasteiger partial charge in [0.15, 0.2) is 0 Å². The second kappa shape index (κ2) is 4.88. The summed E-state index contributed by atoms with van der Waals surface area (Å²) in [5.74, 6) is 1.43. The molecule has 1 aromatic heterocycles. The number of piperidine rings is 1. The van der Waals surface area contributed by atoms with E-state index in [0.29, 0.717) is 11.8 Å². The highest BCUT2D eigenvalue weighted by molar-refractivity contribution is 9.11. The lowest BCUT2D eigenvalue weighted by atomic mass is 9.92. The van der Waals surface area contributed by atoms with Gasteiger partial charge in [-0.3, -0.25) is 4.79 Å². The summed E-state index contributed by atoms with van der Waals surface area (Å²) in [6.45, 7) is 6.25. The smallest absolute Gasteiger partial charge is 0.263 e. The maximum atomic E-state index is 12.2. The van der Waals surface area contributed by atoms with Gasteiger partial charge in [-0.2, -0.15) is 0 Å². The zero-order valence-electron chi connectivity index (χ0n) is 9.57. The van der Waals surface area contributed by atoms with Gasteiger partial charge in [-0.25, -0.2) is 0 Å². The van der Waals surface area contributed by atoms with Crippen molar-refractivity contribution in [1.29, 1.82) is 0 Å². The average Bonchev–Trinajstić information content (AvgIpc) is 2.62. The van der Waals surface area contributed by atoms with Crippen molar-refractivity contribution in [1.82, 2.24) is 4.90 Å². The first-order valence-electron chi connectivity index (χ1n) is 5.61. The number of carbonyl (C=O) groups excluding carboxylic acids is 1. The molecule has 2 atom stereocenters. The first-order valence-corrected chi connectivity index (χ1v) is 7.22. The Morgan fingerprint density at radius 2 is 2.00 bits per heavy atom. The van der Waals surface area contributed by atoms with Crippen LogP contribution in [0.15, 0.2) is 15.9 Å². The summed E-state index contributed by atoms with van der Waals surface area (Å²) in [4.78, 5) is 15.1. The lowest BCUT2D eigenvalue weighted by molar-refractivity contribution is 0.0628. The number of hydrogen-bond donors (Lipinski definition) is 0. The highest BCUT2D eigenvalue weighted by Crippen LogP contribution is 2.26. The SMILES string of the molecule is C[C@@H]1C[C@H](C)CN(C(=O)c2ccc(Br)s2)C1. The van der Waals surface area contributed by atoms with Gasteiger partial charge >= 0.3 is 0 Å². The van der Waals surface area contributed by atoms with Gasteiger partial charge in [0.25, 0.3) is 5.91 Å². The van der Waals surface area contributed by atoms with E-state index in [1.165, 1.54) is 17.8 Å². The standard InChI is InChI=1S/C12H16BrNOS/c1-8-5-9(2)7-14(6-8)12(15)10-3-4-11(13)16-10/h3-4,8-9H,5-7H2,1-2H3/t8-,9+. The number of nitrogens with zero attached hydrogens (tertiary/aromatic N) is 1.